The first-order valence-electron chi connectivity index (χ1n) is 5.19. The van der Waals surface area contributed by atoms with Crippen molar-refractivity contribution in [2.24, 2.45) is 0 Å². The van der Waals surface area contributed by atoms with Gasteiger partial charge in [-0.1, -0.05) is 0 Å². The molecule has 1 aromatic carbocycles. The van der Waals surface area contributed by atoms with E-state index in [1.165, 1.54) is 35.6 Å². The lowest BCUT2D eigenvalue weighted by molar-refractivity contribution is -0.384. The van der Waals surface area contributed by atoms with Gasteiger partial charge >= 0.3 is 5.97 Å². The molecule has 0 unspecified atom stereocenters. The number of nitrogens with zero attached hydrogens (tertiary/aromatic N) is 2. The monoisotopic (exact) mass is 279 g/mol. The summed E-state index contributed by atoms with van der Waals surface area (Å²) in [5.74, 6) is -0.252. The molecule has 19 heavy (non-hydrogen) atoms. The van der Waals surface area contributed by atoms with Crippen molar-refractivity contribution < 1.29 is 14.5 Å². The van der Waals surface area contributed by atoms with E-state index >= 15 is 0 Å². The van der Waals surface area contributed by atoms with E-state index in [2.05, 4.69) is 4.98 Å². The van der Waals surface area contributed by atoms with Crippen LogP contribution in [0, 0.1) is 10.1 Å². The normalized spacial score (nSPS) is 10.1. The number of carbonyl (C=O) groups is 1. The third-order valence-electron chi connectivity index (χ3n) is 2.17. The number of nitro groups is 1. The van der Waals surface area contributed by atoms with Gasteiger partial charge in [0.05, 0.1) is 17.0 Å². The maximum atomic E-state index is 11.6. The zero-order chi connectivity index (χ0) is 13.8. The summed E-state index contributed by atoms with van der Waals surface area (Å²) < 4.78 is 5.02. The molecule has 2 N–H and O–H groups in total. The lowest BCUT2D eigenvalue weighted by Gasteiger charge is -2.02. The summed E-state index contributed by atoms with van der Waals surface area (Å²) in [6.07, 6.45) is 0.00465. The van der Waals surface area contributed by atoms with Crippen LogP contribution in [0.4, 0.5) is 10.8 Å². The fourth-order valence-corrected chi connectivity index (χ4v) is 1.92. The first-order chi connectivity index (χ1) is 9.04. The van der Waals surface area contributed by atoms with Crippen molar-refractivity contribution in [3.63, 3.8) is 0 Å². The Morgan fingerprint density at radius 2 is 2.11 bits per heavy atom. The molecule has 0 aliphatic carbocycles. The van der Waals surface area contributed by atoms with Gasteiger partial charge in [0.2, 0.25) is 0 Å². The fraction of sp³-hybridized carbons (Fsp3) is 0.0909. The quantitative estimate of drug-likeness (QED) is 0.395. The summed E-state index contributed by atoms with van der Waals surface area (Å²) in [5.41, 5.74) is 5.92. The van der Waals surface area contributed by atoms with E-state index in [0.29, 0.717) is 10.8 Å². The largest absolute Gasteiger partial charge is 0.426 e. The van der Waals surface area contributed by atoms with E-state index in [1.54, 1.807) is 5.38 Å². The number of hydrogen-bond donors (Lipinski definition) is 1. The Morgan fingerprint density at radius 1 is 1.42 bits per heavy atom. The minimum Gasteiger partial charge on any atom is -0.426 e. The lowest BCUT2D eigenvalue weighted by atomic mass is 10.3. The van der Waals surface area contributed by atoms with Gasteiger partial charge in [-0.25, -0.2) is 4.98 Å². The zero-order valence-electron chi connectivity index (χ0n) is 9.61. The van der Waals surface area contributed by atoms with E-state index in [-0.39, 0.29) is 17.9 Å². The number of hydrogen-bond acceptors (Lipinski definition) is 7. The van der Waals surface area contributed by atoms with Gasteiger partial charge < -0.3 is 10.5 Å². The molecule has 0 saturated carbocycles. The number of benzene rings is 1. The third kappa shape index (κ3) is 3.49. The number of nitrogens with two attached hydrogens (primary N) is 1. The molecule has 0 radical (unpaired) electrons. The summed E-state index contributed by atoms with van der Waals surface area (Å²) in [6, 6.07) is 5.27. The van der Waals surface area contributed by atoms with Crippen LogP contribution in [0.15, 0.2) is 29.6 Å². The second kappa shape index (κ2) is 5.44. The Kier molecular flexibility index (Phi) is 3.71. The number of aromatic nitrogens is 1. The maximum Gasteiger partial charge on any atom is 0.317 e. The van der Waals surface area contributed by atoms with Crippen LogP contribution in [0.25, 0.3) is 0 Å². The van der Waals surface area contributed by atoms with E-state index < -0.39 is 10.9 Å². The molecular weight excluding hydrogens is 270 g/mol. The Morgan fingerprint density at radius 3 is 2.63 bits per heavy atom. The first kappa shape index (κ1) is 13.0. The molecule has 1 aromatic heterocycles. The highest BCUT2D eigenvalue weighted by Gasteiger charge is 2.10. The van der Waals surface area contributed by atoms with Gasteiger partial charge in [0.25, 0.3) is 5.69 Å². The van der Waals surface area contributed by atoms with E-state index in [0.717, 1.165) is 0 Å². The third-order valence-corrected chi connectivity index (χ3v) is 2.90. The van der Waals surface area contributed by atoms with Crippen molar-refractivity contribution in [3.8, 4) is 5.75 Å². The highest BCUT2D eigenvalue weighted by atomic mass is 32.1. The number of anilines is 1. The van der Waals surface area contributed by atoms with Crippen molar-refractivity contribution in [1.82, 2.24) is 4.98 Å². The summed E-state index contributed by atoms with van der Waals surface area (Å²) in [4.78, 5) is 25.4. The van der Waals surface area contributed by atoms with Crippen LogP contribution in [0.1, 0.15) is 5.69 Å². The Labute approximate surface area is 111 Å². The molecule has 0 amide bonds. The average Bonchev–Trinajstić information content (AvgIpc) is 2.75. The number of nitro benzene ring substituents is 1. The number of carbonyl (C=O) groups excluding carboxylic acids is 1. The van der Waals surface area contributed by atoms with Crippen molar-refractivity contribution >= 4 is 28.1 Å². The summed E-state index contributed by atoms with van der Waals surface area (Å²) >= 11 is 1.24. The van der Waals surface area contributed by atoms with Gasteiger partial charge in [-0.3, -0.25) is 14.9 Å². The Hall–Kier alpha value is -2.48. The van der Waals surface area contributed by atoms with Crippen molar-refractivity contribution in [2.75, 3.05) is 5.73 Å². The van der Waals surface area contributed by atoms with Gasteiger partial charge in [0.1, 0.15) is 5.75 Å². The molecule has 1 heterocycles. The smallest absolute Gasteiger partial charge is 0.317 e. The van der Waals surface area contributed by atoms with E-state index in [4.69, 9.17) is 10.5 Å². The Balaban J connectivity index is 1.97. The highest BCUT2D eigenvalue weighted by Crippen LogP contribution is 2.18. The van der Waals surface area contributed by atoms with Crippen LogP contribution in [0.3, 0.4) is 0 Å². The topological polar surface area (TPSA) is 108 Å². The molecule has 8 heteroatoms. The molecule has 0 fully saturated rings. The first-order valence-corrected chi connectivity index (χ1v) is 6.07. The van der Waals surface area contributed by atoms with Gasteiger partial charge in [0, 0.05) is 17.5 Å². The van der Waals surface area contributed by atoms with Crippen molar-refractivity contribution in [1.29, 1.82) is 0 Å². The standard InChI is InChI=1S/C11H9N3O4S/c12-11-13-7(6-19-11)5-10(15)18-9-3-1-8(2-4-9)14(16)17/h1-4,6H,5H2,(H2,12,13). The minimum absolute atomic E-state index is 0.00465. The molecule has 0 saturated heterocycles. The predicted molar refractivity (Wildman–Crippen MR) is 69.0 cm³/mol. The number of rotatable bonds is 4. The molecule has 0 atom stereocenters. The van der Waals surface area contributed by atoms with Crippen molar-refractivity contribution in [2.45, 2.75) is 6.42 Å². The second-order valence-electron chi connectivity index (χ2n) is 3.58. The lowest BCUT2D eigenvalue weighted by Crippen LogP contribution is -2.11. The molecule has 0 aliphatic heterocycles. The number of non-ortho nitro benzene ring substituents is 1. The summed E-state index contributed by atoms with van der Waals surface area (Å²) in [7, 11) is 0. The molecule has 98 valence electrons. The highest BCUT2D eigenvalue weighted by molar-refractivity contribution is 7.13. The van der Waals surface area contributed by atoms with E-state index in [1.807, 2.05) is 0 Å². The van der Waals surface area contributed by atoms with Crippen molar-refractivity contribution in [3.05, 3.63) is 45.5 Å². The zero-order valence-corrected chi connectivity index (χ0v) is 10.4. The molecule has 0 aliphatic rings. The summed E-state index contributed by atoms with van der Waals surface area (Å²) in [6.45, 7) is 0. The fourth-order valence-electron chi connectivity index (χ4n) is 1.36. The number of esters is 1. The van der Waals surface area contributed by atoms with Crippen LogP contribution >= 0.6 is 11.3 Å². The molecular formula is C11H9N3O4S. The molecule has 0 bridgehead atoms. The number of ether oxygens (including phenoxy) is 1. The van der Waals surface area contributed by atoms with Crippen LogP contribution in [0.2, 0.25) is 0 Å². The Bertz CT molecular complexity index is 609. The SMILES string of the molecule is Nc1nc(CC(=O)Oc2ccc([N+](=O)[O-])cc2)cs1. The second-order valence-corrected chi connectivity index (χ2v) is 4.47. The van der Waals surface area contributed by atoms with Gasteiger partial charge in [0.15, 0.2) is 5.13 Å². The molecule has 7 nitrogen and oxygen atoms in total. The van der Waals surface area contributed by atoms with Gasteiger partial charge in [-0.05, 0) is 12.1 Å². The molecule has 0 spiro atoms. The summed E-state index contributed by atoms with van der Waals surface area (Å²) in [5, 5.41) is 12.5. The van der Waals surface area contributed by atoms with Crippen LogP contribution in [0.5, 0.6) is 5.75 Å². The van der Waals surface area contributed by atoms with Crippen LogP contribution < -0.4 is 10.5 Å². The van der Waals surface area contributed by atoms with Crippen LogP contribution in [-0.2, 0) is 11.2 Å². The average molecular weight is 279 g/mol. The van der Waals surface area contributed by atoms with Gasteiger partial charge in [-0.2, -0.15) is 0 Å². The predicted octanol–water partition coefficient (Wildman–Crippen LogP) is 1.78. The number of nitrogen functional groups attached to an aromatic ring is 1. The van der Waals surface area contributed by atoms with E-state index in [9.17, 15) is 14.9 Å². The van der Waals surface area contributed by atoms with Gasteiger partial charge in [-0.15, -0.1) is 11.3 Å². The van der Waals surface area contributed by atoms with Crippen LogP contribution in [-0.4, -0.2) is 15.9 Å². The molecule has 2 rings (SSSR count). The molecule has 2 aromatic rings. The number of thiazole rings is 1. The maximum absolute atomic E-state index is 11.6. The minimum atomic E-state index is -0.524.